The summed E-state index contributed by atoms with van der Waals surface area (Å²) in [6.45, 7) is 1.77. The van der Waals surface area contributed by atoms with E-state index >= 15 is 0 Å². The number of rotatable bonds is 7. The molecular weight excluding hydrogens is 213 g/mol. The third kappa shape index (κ3) is 4.13. The molecule has 0 aromatic carbocycles. The van der Waals surface area contributed by atoms with Gasteiger partial charge in [0, 0.05) is 28.5 Å². The van der Waals surface area contributed by atoms with Crippen LogP contribution in [-0.4, -0.2) is 35.2 Å². The van der Waals surface area contributed by atoms with Crippen molar-refractivity contribution in [2.75, 3.05) is 13.3 Å². The molecule has 0 aromatic heterocycles. The molecule has 0 saturated heterocycles. The lowest BCUT2D eigenvalue weighted by molar-refractivity contribution is -0.284. The Morgan fingerprint density at radius 2 is 1.93 bits per heavy atom. The van der Waals surface area contributed by atoms with Gasteiger partial charge in [-0.3, -0.25) is 0 Å². The summed E-state index contributed by atoms with van der Waals surface area (Å²) in [6.07, 6.45) is -0.102. The predicted molar refractivity (Wildman–Crippen MR) is 51.8 cm³/mol. The highest BCUT2D eigenvalue weighted by Crippen LogP contribution is 2.35. The quantitative estimate of drug-likeness (QED) is 0.517. The second-order valence-electron chi connectivity index (χ2n) is 3.15. The van der Waals surface area contributed by atoms with Crippen LogP contribution in [0.4, 0.5) is 8.78 Å². The number of hydrogen-bond acceptors (Lipinski definition) is 3. The highest BCUT2D eigenvalue weighted by Gasteiger charge is 2.50. The summed E-state index contributed by atoms with van der Waals surface area (Å²) in [5.41, 5.74) is 0. The Morgan fingerprint density at radius 3 is 2.36 bits per heavy atom. The highest BCUT2D eigenvalue weighted by atomic mass is 31.1. The minimum Gasteiger partial charge on any atom is -0.365 e. The van der Waals surface area contributed by atoms with Crippen molar-refractivity contribution in [3.05, 3.63) is 0 Å². The predicted octanol–water partition coefficient (Wildman–Crippen LogP) is 1.73. The molecule has 2 N–H and O–H groups in total. The topological polar surface area (TPSA) is 49.7 Å². The van der Waals surface area contributed by atoms with Crippen molar-refractivity contribution >= 4 is 8.81 Å². The molecule has 6 heteroatoms. The van der Waals surface area contributed by atoms with Crippen LogP contribution in [0.25, 0.3) is 0 Å². The lowest BCUT2D eigenvalue weighted by atomic mass is 10.0. The van der Waals surface area contributed by atoms with E-state index in [4.69, 9.17) is 10.2 Å². The van der Waals surface area contributed by atoms with Crippen molar-refractivity contribution in [3.63, 3.8) is 0 Å². The van der Waals surface area contributed by atoms with Crippen LogP contribution in [-0.2, 0) is 4.52 Å². The molecule has 1 unspecified atom stereocenters. The third-order valence-corrected chi connectivity index (χ3v) is 2.82. The van der Waals surface area contributed by atoms with Gasteiger partial charge in [-0.05, 0) is 6.42 Å². The molecule has 0 aromatic rings. The monoisotopic (exact) mass is 230 g/mol. The van der Waals surface area contributed by atoms with Crippen molar-refractivity contribution in [3.8, 4) is 0 Å². The molecule has 0 radical (unpaired) electrons. The summed E-state index contributed by atoms with van der Waals surface area (Å²) in [5.74, 6) is -6.41. The van der Waals surface area contributed by atoms with E-state index in [9.17, 15) is 8.78 Å². The largest absolute Gasteiger partial charge is 0.365 e. The summed E-state index contributed by atoms with van der Waals surface area (Å²) < 4.78 is 30.9. The van der Waals surface area contributed by atoms with Crippen LogP contribution in [0.2, 0.25) is 0 Å². The van der Waals surface area contributed by atoms with Crippen LogP contribution < -0.4 is 0 Å². The Kier molecular flexibility index (Phi) is 5.98. The zero-order valence-corrected chi connectivity index (χ0v) is 9.39. The molecule has 0 spiro atoms. The second-order valence-corrected chi connectivity index (χ2v) is 4.20. The van der Waals surface area contributed by atoms with Gasteiger partial charge in [0.1, 0.15) is 0 Å². The first-order valence-electron chi connectivity index (χ1n) is 4.46. The number of halogens is 2. The SMILES string of the molecule is CCCCC(F)(F)C(O)(O)CPOC. The lowest BCUT2D eigenvalue weighted by Gasteiger charge is -2.30. The molecule has 86 valence electrons. The minimum atomic E-state index is -3.46. The van der Waals surface area contributed by atoms with Gasteiger partial charge in [-0.15, -0.1) is 0 Å². The first kappa shape index (κ1) is 14.2. The van der Waals surface area contributed by atoms with Gasteiger partial charge in [-0.2, -0.15) is 0 Å². The molecule has 14 heavy (non-hydrogen) atoms. The van der Waals surface area contributed by atoms with Crippen molar-refractivity contribution in [2.45, 2.75) is 37.9 Å². The number of aliphatic hydroxyl groups is 2. The maximum atomic E-state index is 13.2. The average Bonchev–Trinajstić information content (AvgIpc) is 2.11. The lowest BCUT2D eigenvalue weighted by Crippen LogP contribution is -2.50. The first-order valence-corrected chi connectivity index (χ1v) is 5.57. The Balaban J connectivity index is 4.20. The molecule has 0 aliphatic rings. The normalized spacial score (nSPS) is 14.1. The van der Waals surface area contributed by atoms with Gasteiger partial charge in [-0.25, -0.2) is 8.78 Å². The summed E-state index contributed by atoms with van der Waals surface area (Å²) >= 11 is 0. The Morgan fingerprint density at radius 1 is 1.36 bits per heavy atom. The highest BCUT2D eigenvalue weighted by molar-refractivity contribution is 7.32. The van der Waals surface area contributed by atoms with Gasteiger partial charge >= 0.3 is 5.92 Å². The zero-order chi connectivity index (χ0) is 11.2. The smallest absolute Gasteiger partial charge is 0.300 e. The molecule has 0 aliphatic heterocycles. The van der Waals surface area contributed by atoms with Crippen LogP contribution in [0, 0.1) is 0 Å². The van der Waals surface area contributed by atoms with E-state index in [1.165, 1.54) is 7.11 Å². The molecule has 1 atom stereocenters. The van der Waals surface area contributed by atoms with Crippen LogP contribution in [0.5, 0.6) is 0 Å². The molecule has 0 heterocycles. The average molecular weight is 230 g/mol. The van der Waals surface area contributed by atoms with E-state index in [0.717, 1.165) is 0 Å². The molecule has 0 saturated carbocycles. The Labute approximate surface area is 84.3 Å². The van der Waals surface area contributed by atoms with Crippen molar-refractivity contribution in [1.82, 2.24) is 0 Å². The van der Waals surface area contributed by atoms with Gasteiger partial charge in [0.15, 0.2) is 0 Å². The van der Waals surface area contributed by atoms with Gasteiger partial charge < -0.3 is 14.7 Å². The Hall–Kier alpha value is 0.170. The zero-order valence-electron chi connectivity index (χ0n) is 8.39. The van der Waals surface area contributed by atoms with Gasteiger partial charge in [-0.1, -0.05) is 13.3 Å². The van der Waals surface area contributed by atoms with E-state index < -0.39 is 24.3 Å². The Bertz CT molecular complexity index is 147. The molecule has 0 fully saturated rings. The van der Waals surface area contributed by atoms with Gasteiger partial charge in [0.2, 0.25) is 5.79 Å². The summed E-state index contributed by atoms with van der Waals surface area (Å²) in [7, 11) is 0.997. The first-order chi connectivity index (χ1) is 6.37. The molecule has 0 aliphatic carbocycles. The minimum absolute atomic E-state index is 0.270. The van der Waals surface area contributed by atoms with E-state index in [-0.39, 0.29) is 15.2 Å². The molecule has 0 amide bonds. The summed E-state index contributed by atoms with van der Waals surface area (Å²) in [5, 5.41) is 18.3. The van der Waals surface area contributed by atoms with Crippen LogP contribution in [0.3, 0.4) is 0 Å². The van der Waals surface area contributed by atoms with E-state index in [0.29, 0.717) is 6.42 Å². The van der Waals surface area contributed by atoms with Crippen LogP contribution >= 0.6 is 8.81 Å². The third-order valence-electron chi connectivity index (χ3n) is 1.89. The molecule has 3 nitrogen and oxygen atoms in total. The van der Waals surface area contributed by atoms with Crippen LogP contribution in [0.1, 0.15) is 26.2 Å². The summed E-state index contributed by atoms with van der Waals surface area (Å²) in [4.78, 5) is 0. The van der Waals surface area contributed by atoms with Crippen molar-refractivity contribution < 1.29 is 23.5 Å². The number of hydrogen-bond donors (Lipinski definition) is 2. The fraction of sp³-hybridized carbons (Fsp3) is 1.00. The van der Waals surface area contributed by atoms with Gasteiger partial charge in [0.25, 0.3) is 0 Å². The number of alkyl halides is 2. The summed E-state index contributed by atoms with van der Waals surface area (Å²) in [6, 6.07) is 0. The maximum Gasteiger partial charge on any atom is 0.300 e. The molecule has 0 rings (SSSR count). The van der Waals surface area contributed by atoms with E-state index in [1.54, 1.807) is 6.92 Å². The second kappa shape index (κ2) is 5.91. The van der Waals surface area contributed by atoms with E-state index in [1.807, 2.05) is 0 Å². The fourth-order valence-corrected chi connectivity index (χ4v) is 1.51. The molecule has 0 bridgehead atoms. The maximum absolute atomic E-state index is 13.2. The van der Waals surface area contributed by atoms with E-state index in [2.05, 4.69) is 4.52 Å². The van der Waals surface area contributed by atoms with Gasteiger partial charge in [0.05, 0.1) is 0 Å². The van der Waals surface area contributed by atoms with Crippen molar-refractivity contribution in [1.29, 1.82) is 0 Å². The van der Waals surface area contributed by atoms with Crippen molar-refractivity contribution in [2.24, 2.45) is 0 Å². The fourth-order valence-electron chi connectivity index (χ4n) is 0.901. The number of unbranched alkanes of at least 4 members (excludes halogenated alkanes) is 1. The standard InChI is InChI=1S/C8H17F2O3P/c1-3-4-5-7(9,10)8(11,12)6-14-13-2/h11-12,14H,3-6H2,1-2H3. The molecular formula is C8H17F2O3P. The van der Waals surface area contributed by atoms with Crippen LogP contribution in [0.15, 0.2) is 0 Å².